The molecule has 14 heavy (non-hydrogen) atoms. The molecule has 0 aliphatic rings. The van der Waals surface area contributed by atoms with Crippen LogP contribution in [0.3, 0.4) is 0 Å². The molecule has 0 aliphatic heterocycles. The molecule has 0 spiro atoms. The molecule has 1 aromatic heterocycles. The summed E-state index contributed by atoms with van der Waals surface area (Å²) >= 11 is 0. The van der Waals surface area contributed by atoms with Gasteiger partial charge in [0.2, 0.25) is 11.8 Å². The molecule has 0 aliphatic carbocycles. The fourth-order valence-corrected chi connectivity index (χ4v) is 1.09. The molecule has 0 saturated carbocycles. The lowest BCUT2D eigenvalue weighted by Crippen LogP contribution is -2.03. The van der Waals surface area contributed by atoms with E-state index in [1.165, 1.54) is 0 Å². The maximum atomic E-state index is 5.13. The molecule has 0 atom stereocenters. The minimum Gasteiger partial charge on any atom is -0.481 e. The summed E-state index contributed by atoms with van der Waals surface area (Å²) < 4.78 is 10.1. The van der Waals surface area contributed by atoms with Gasteiger partial charge in [0.1, 0.15) is 0 Å². The zero-order valence-electron chi connectivity index (χ0n) is 8.83. The molecule has 0 fully saturated rings. The smallest absolute Gasteiger partial charge is 0.240 e. The molecule has 0 saturated heterocycles. The number of nitrogens with zero attached hydrogens (tertiary/aromatic N) is 1. The van der Waals surface area contributed by atoms with Crippen LogP contribution in [-0.2, 0) is 0 Å². The van der Waals surface area contributed by atoms with E-state index in [1.807, 2.05) is 6.07 Å². The number of anilines is 1. The van der Waals surface area contributed by atoms with Crippen molar-refractivity contribution in [1.82, 2.24) is 4.98 Å². The third kappa shape index (κ3) is 2.52. The average molecular weight is 196 g/mol. The lowest BCUT2D eigenvalue weighted by atomic mass is 10.3. The molecule has 78 valence electrons. The van der Waals surface area contributed by atoms with Crippen LogP contribution < -0.4 is 14.8 Å². The molecule has 4 nitrogen and oxygen atoms in total. The molecular formula is C10H16N2O2. The highest BCUT2D eigenvalue weighted by Gasteiger charge is 2.04. The van der Waals surface area contributed by atoms with Crippen LogP contribution in [0.2, 0.25) is 0 Å². The second kappa shape index (κ2) is 5.32. The van der Waals surface area contributed by atoms with Crippen molar-refractivity contribution in [3.8, 4) is 11.8 Å². The van der Waals surface area contributed by atoms with Crippen LogP contribution in [0.5, 0.6) is 11.8 Å². The van der Waals surface area contributed by atoms with Gasteiger partial charge in [-0.05, 0) is 12.5 Å². The molecule has 1 aromatic rings. The van der Waals surface area contributed by atoms with Crippen molar-refractivity contribution >= 4 is 5.69 Å². The van der Waals surface area contributed by atoms with Crippen LogP contribution in [-0.4, -0.2) is 25.7 Å². The fourth-order valence-electron chi connectivity index (χ4n) is 1.09. The zero-order chi connectivity index (χ0) is 10.4. The monoisotopic (exact) mass is 196 g/mol. The third-order valence-corrected chi connectivity index (χ3v) is 1.80. The van der Waals surface area contributed by atoms with Gasteiger partial charge in [0.25, 0.3) is 0 Å². The van der Waals surface area contributed by atoms with E-state index in [0.29, 0.717) is 11.8 Å². The lowest BCUT2D eigenvalue weighted by Gasteiger charge is -2.10. The number of ether oxygens (including phenoxy) is 2. The van der Waals surface area contributed by atoms with Crippen LogP contribution in [0, 0.1) is 0 Å². The van der Waals surface area contributed by atoms with Gasteiger partial charge in [-0.15, -0.1) is 0 Å². The first-order valence-corrected chi connectivity index (χ1v) is 4.64. The van der Waals surface area contributed by atoms with Crippen molar-refractivity contribution in [3.63, 3.8) is 0 Å². The van der Waals surface area contributed by atoms with Crippen LogP contribution >= 0.6 is 0 Å². The first-order chi connectivity index (χ1) is 6.81. The van der Waals surface area contributed by atoms with Gasteiger partial charge >= 0.3 is 0 Å². The Kier molecular flexibility index (Phi) is 4.04. The summed E-state index contributed by atoms with van der Waals surface area (Å²) in [5.74, 6) is 1.13. The molecule has 4 heteroatoms. The Balaban J connectivity index is 2.82. The Morgan fingerprint density at radius 3 is 2.64 bits per heavy atom. The molecule has 0 aromatic carbocycles. The molecule has 1 N–H and O–H groups in total. The summed E-state index contributed by atoms with van der Waals surface area (Å²) in [6.07, 6.45) is 1.06. The zero-order valence-corrected chi connectivity index (χ0v) is 8.83. The topological polar surface area (TPSA) is 43.4 Å². The van der Waals surface area contributed by atoms with Crippen LogP contribution in [0.4, 0.5) is 5.69 Å². The fraction of sp³-hybridized carbons (Fsp3) is 0.500. The predicted octanol–water partition coefficient (Wildman–Crippen LogP) is 1.92. The highest BCUT2D eigenvalue weighted by molar-refractivity contribution is 5.53. The SMILES string of the molecule is CCCNc1ccc(OC)nc1OC. The van der Waals surface area contributed by atoms with E-state index in [-0.39, 0.29) is 0 Å². The van der Waals surface area contributed by atoms with E-state index in [1.54, 1.807) is 20.3 Å². The van der Waals surface area contributed by atoms with E-state index < -0.39 is 0 Å². The first kappa shape index (κ1) is 10.6. The van der Waals surface area contributed by atoms with E-state index in [4.69, 9.17) is 9.47 Å². The largest absolute Gasteiger partial charge is 0.481 e. The van der Waals surface area contributed by atoms with Crippen molar-refractivity contribution in [3.05, 3.63) is 12.1 Å². The van der Waals surface area contributed by atoms with E-state index >= 15 is 0 Å². The second-order valence-corrected chi connectivity index (χ2v) is 2.84. The second-order valence-electron chi connectivity index (χ2n) is 2.84. The van der Waals surface area contributed by atoms with Gasteiger partial charge in [0, 0.05) is 12.6 Å². The molecule has 1 rings (SSSR count). The third-order valence-electron chi connectivity index (χ3n) is 1.80. The normalized spacial score (nSPS) is 9.64. The van der Waals surface area contributed by atoms with E-state index in [0.717, 1.165) is 18.7 Å². The first-order valence-electron chi connectivity index (χ1n) is 4.64. The van der Waals surface area contributed by atoms with Crippen LogP contribution in [0.25, 0.3) is 0 Å². The van der Waals surface area contributed by atoms with Gasteiger partial charge in [-0.1, -0.05) is 6.92 Å². The minimum absolute atomic E-state index is 0.559. The Morgan fingerprint density at radius 2 is 2.07 bits per heavy atom. The maximum Gasteiger partial charge on any atom is 0.240 e. The molecule has 0 bridgehead atoms. The highest BCUT2D eigenvalue weighted by Crippen LogP contribution is 2.24. The van der Waals surface area contributed by atoms with Gasteiger partial charge < -0.3 is 14.8 Å². The standard InChI is InChI=1S/C10H16N2O2/c1-4-7-11-8-5-6-9(13-2)12-10(8)14-3/h5-6,11H,4,7H2,1-3H3. The Labute approximate surface area is 84.3 Å². The summed E-state index contributed by atoms with van der Waals surface area (Å²) in [7, 11) is 3.18. The van der Waals surface area contributed by atoms with Crippen molar-refractivity contribution in [2.24, 2.45) is 0 Å². The van der Waals surface area contributed by atoms with Crippen molar-refractivity contribution in [1.29, 1.82) is 0 Å². The van der Waals surface area contributed by atoms with E-state index in [9.17, 15) is 0 Å². The molecular weight excluding hydrogens is 180 g/mol. The number of rotatable bonds is 5. The number of aromatic nitrogens is 1. The van der Waals surface area contributed by atoms with Crippen LogP contribution in [0.1, 0.15) is 13.3 Å². The molecule has 0 amide bonds. The van der Waals surface area contributed by atoms with Gasteiger partial charge in [-0.25, -0.2) is 0 Å². The predicted molar refractivity (Wildman–Crippen MR) is 56.1 cm³/mol. The lowest BCUT2D eigenvalue weighted by molar-refractivity contribution is 0.366. The highest BCUT2D eigenvalue weighted by atomic mass is 16.5. The quantitative estimate of drug-likeness (QED) is 0.781. The molecule has 0 radical (unpaired) electrons. The number of pyridine rings is 1. The minimum atomic E-state index is 0.559. The van der Waals surface area contributed by atoms with Crippen molar-refractivity contribution in [2.45, 2.75) is 13.3 Å². The average Bonchev–Trinajstić information content (AvgIpc) is 2.26. The van der Waals surface area contributed by atoms with E-state index in [2.05, 4.69) is 17.2 Å². The Hall–Kier alpha value is -1.45. The molecule has 0 unspecified atom stereocenters. The number of hydrogen-bond acceptors (Lipinski definition) is 4. The number of nitrogens with one attached hydrogen (secondary N) is 1. The Morgan fingerprint density at radius 1 is 1.29 bits per heavy atom. The van der Waals surface area contributed by atoms with Gasteiger partial charge in [0.15, 0.2) is 0 Å². The van der Waals surface area contributed by atoms with Crippen molar-refractivity contribution < 1.29 is 9.47 Å². The number of hydrogen-bond donors (Lipinski definition) is 1. The van der Waals surface area contributed by atoms with Gasteiger partial charge in [-0.3, -0.25) is 0 Å². The summed E-state index contributed by atoms with van der Waals surface area (Å²) in [5, 5.41) is 3.22. The van der Waals surface area contributed by atoms with Crippen molar-refractivity contribution in [2.75, 3.05) is 26.1 Å². The number of methoxy groups -OCH3 is 2. The summed E-state index contributed by atoms with van der Waals surface area (Å²) in [4.78, 5) is 4.16. The van der Waals surface area contributed by atoms with Gasteiger partial charge in [-0.2, -0.15) is 4.98 Å². The van der Waals surface area contributed by atoms with Crippen LogP contribution in [0.15, 0.2) is 12.1 Å². The van der Waals surface area contributed by atoms with Gasteiger partial charge in [0.05, 0.1) is 19.9 Å². The summed E-state index contributed by atoms with van der Waals surface area (Å²) in [6.45, 7) is 3.01. The summed E-state index contributed by atoms with van der Waals surface area (Å²) in [6, 6.07) is 3.71. The summed E-state index contributed by atoms with van der Waals surface area (Å²) in [5.41, 5.74) is 0.898. The maximum absolute atomic E-state index is 5.13. The Bertz CT molecular complexity index is 289. The molecule has 1 heterocycles.